The number of carbonyl (C=O) groups excluding carboxylic acids is 1. The zero-order valence-electron chi connectivity index (χ0n) is 9.86. The average Bonchev–Trinajstić information content (AvgIpc) is 2.77. The summed E-state index contributed by atoms with van der Waals surface area (Å²) in [7, 11) is 0. The maximum atomic E-state index is 11.9. The third kappa shape index (κ3) is 2.83. The van der Waals surface area contributed by atoms with Gasteiger partial charge in [0.1, 0.15) is 18.9 Å². The quantitative estimate of drug-likeness (QED) is 0.590. The molecule has 1 aromatic heterocycles. The predicted octanol–water partition coefficient (Wildman–Crippen LogP) is -0.259. The summed E-state index contributed by atoms with van der Waals surface area (Å²) in [6, 6.07) is 0.0228. The third-order valence-electron chi connectivity index (χ3n) is 2.94. The summed E-state index contributed by atoms with van der Waals surface area (Å²) in [5.41, 5.74) is 5.68. The van der Waals surface area contributed by atoms with Crippen LogP contribution in [0.4, 0.5) is 5.69 Å². The number of nitro groups is 1. The summed E-state index contributed by atoms with van der Waals surface area (Å²) in [5, 5.41) is 14.3. The molecule has 2 heterocycles. The maximum absolute atomic E-state index is 11.9. The van der Waals surface area contributed by atoms with Gasteiger partial charge in [-0.2, -0.15) is 5.10 Å². The highest BCUT2D eigenvalue weighted by Crippen LogP contribution is 2.11. The summed E-state index contributed by atoms with van der Waals surface area (Å²) in [4.78, 5) is 23.6. The molecule has 8 heteroatoms. The second-order valence-corrected chi connectivity index (χ2v) is 4.40. The van der Waals surface area contributed by atoms with Crippen LogP contribution in [-0.2, 0) is 11.3 Å². The lowest BCUT2D eigenvalue weighted by atomic mass is 10.1. The van der Waals surface area contributed by atoms with E-state index in [4.69, 9.17) is 5.73 Å². The smallest absolute Gasteiger partial charge is 0.307 e. The van der Waals surface area contributed by atoms with Gasteiger partial charge in [-0.3, -0.25) is 19.6 Å². The normalized spacial score (nSPS) is 19.8. The number of nitrogens with zero attached hydrogens (tertiary/aromatic N) is 4. The van der Waals surface area contributed by atoms with E-state index in [-0.39, 0.29) is 24.2 Å². The van der Waals surface area contributed by atoms with E-state index in [2.05, 4.69) is 5.10 Å². The van der Waals surface area contributed by atoms with Gasteiger partial charge >= 0.3 is 5.69 Å². The first-order valence-corrected chi connectivity index (χ1v) is 5.76. The third-order valence-corrected chi connectivity index (χ3v) is 2.94. The zero-order valence-corrected chi connectivity index (χ0v) is 9.86. The van der Waals surface area contributed by atoms with Crippen LogP contribution in [0.1, 0.15) is 12.8 Å². The van der Waals surface area contributed by atoms with Gasteiger partial charge in [0.05, 0.1) is 4.92 Å². The van der Waals surface area contributed by atoms with Crippen molar-refractivity contribution < 1.29 is 9.72 Å². The molecule has 1 fully saturated rings. The summed E-state index contributed by atoms with van der Waals surface area (Å²) in [6.45, 7) is 1.25. The lowest BCUT2D eigenvalue weighted by Crippen LogP contribution is -2.46. The molecular weight excluding hydrogens is 238 g/mol. The largest absolute Gasteiger partial charge is 0.340 e. The molecule has 0 bridgehead atoms. The second kappa shape index (κ2) is 5.13. The van der Waals surface area contributed by atoms with Gasteiger partial charge in [0.25, 0.3) is 0 Å². The molecule has 0 aromatic carbocycles. The first-order valence-electron chi connectivity index (χ1n) is 5.76. The van der Waals surface area contributed by atoms with Gasteiger partial charge < -0.3 is 10.6 Å². The van der Waals surface area contributed by atoms with Crippen LogP contribution in [0, 0.1) is 10.1 Å². The van der Waals surface area contributed by atoms with E-state index in [1.165, 1.54) is 10.9 Å². The fraction of sp³-hybridized carbons (Fsp3) is 0.600. The van der Waals surface area contributed by atoms with Crippen molar-refractivity contribution in [1.82, 2.24) is 14.7 Å². The number of aromatic nitrogens is 2. The number of rotatable bonds is 3. The standard InChI is InChI=1S/C10H15N5O3/c11-8-2-1-3-13(5-8)10(16)7-14-6-9(4-12-14)15(17)18/h4,6,8H,1-3,5,7,11H2. The summed E-state index contributed by atoms with van der Waals surface area (Å²) >= 11 is 0. The number of amides is 1. The Bertz CT molecular complexity index is 458. The Labute approximate surface area is 104 Å². The van der Waals surface area contributed by atoms with Crippen LogP contribution in [-0.4, -0.2) is 44.6 Å². The van der Waals surface area contributed by atoms with Crippen molar-refractivity contribution in [3.05, 3.63) is 22.5 Å². The highest BCUT2D eigenvalue weighted by Gasteiger charge is 2.22. The Kier molecular flexibility index (Phi) is 3.56. The fourth-order valence-corrected chi connectivity index (χ4v) is 2.01. The minimum atomic E-state index is -0.537. The SMILES string of the molecule is NC1CCCN(C(=O)Cn2cc([N+](=O)[O-])cn2)C1. The number of carbonyl (C=O) groups is 1. The van der Waals surface area contributed by atoms with E-state index in [9.17, 15) is 14.9 Å². The van der Waals surface area contributed by atoms with Crippen LogP contribution < -0.4 is 5.73 Å². The molecule has 1 saturated heterocycles. The van der Waals surface area contributed by atoms with E-state index < -0.39 is 4.92 Å². The molecule has 1 unspecified atom stereocenters. The van der Waals surface area contributed by atoms with Crippen molar-refractivity contribution in [1.29, 1.82) is 0 Å². The molecule has 98 valence electrons. The van der Waals surface area contributed by atoms with Crippen LogP contribution in [0.2, 0.25) is 0 Å². The molecule has 2 rings (SSSR count). The predicted molar refractivity (Wildman–Crippen MR) is 62.7 cm³/mol. The van der Waals surface area contributed by atoms with Gasteiger partial charge in [-0.15, -0.1) is 0 Å². The molecule has 0 aliphatic carbocycles. The Morgan fingerprint density at radius 1 is 1.67 bits per heavy atom. The molecule has 1 aromatic rings. The summed E-state index contributed by atoms with van der Waals surface area (Å²) in [5.74, 6) is -0.108. The molecule has 1 atom stereocenters. The van der Waals surface area contributed by atoms with Crippen LogP contribution in [0.5, 0.6) is 0 Å². The lowest BCUT2D eigenvalue weighted by molar-refractivity contribution is -0.385. The van der Waals surface area contributed by atoms with Crippen LogP contribution in [0.3, 0.4) is 0 Å². The van der Waals surface area contributed by atoms with Gasteiger partial charge in [-0.25, -0.2) is 0 Å². The van der Waals surface area contributed by atoms with Gasteiger partial charge in [-0.05, 0) is 12.8 Å². The van der Waals surface area contributed by atoms with Crippen LogP contribution >= 0.6 is 0 Å². The average molecular weight is 253 g/mol. The molecule has 1 aliphatic heterocycles. The molecule has 0 saturated carbocycles. The van der Waals surface area contributed by atoms with E-state index in [1.807, 2.05) is 0 Å². The molecular formula is C10H15N5O3. The summed E-state index contributed by atoms with van der Waals surface area (Å²) < 4.78 is 1.28. The maximum Gasteiger partial charge on any atom is 0.307 e. The Morgan fingerprint density at radius 3 is 3.06 bits per heavy atom. The van der Waals surface area contributed by atoms with Crippen LogP contribution in [0.15, 0.2) is 12.4 Å². The molecule has 1 aliphatic rings. The van der Waals surface area contributed by atoms with E-state index in [0.717, 1.165) is 19.0 Å². The first kappa shape index (κ1) is 12.5. The van der Waals surface area contributed by atoms with Crippen LogP contribution in [0.25, 0.3) is 0 Å². The number of hydrogen-bond acceptors (Lipinski definition) is 5. The number of nitrogens with two attached hydrogens (primary N) is 1. The van der Waals surface area contributed by atoms with Crippen molar-refractivity contribution in [3.8, 4) is 0 Å². The first-order chi connectivity index (χ1) is 8.56. The Balaban J connectivity index is 1.95. The molecule has 0 radical (unpaired) electrons. The topological polar surface area (TPSA) is 107 Å². The van der Waals surface area contributed by atoms with E-state index >= 15 is 0 Å². The molecule has 18 heavy (non-hydrogen) atoms. The van der Waals surface area contributed by atoms with Crippen molar-refractivity contribution in [2.45, 2.75) is 25.4 Å². The lowest BCUT2D eigenvalue weighted by Gasteiger charge is -2.30. The fourth-order valence-electron chi connectivity index (χ4n) is 2.01. The van der Waals surface area contributed by atoms with E-state index in [0.29, 0.717) is 13.1 Å². The Hall–Kier alpha value is -1.96. The minimum absolute atomic E-state index is 0.0144. The Morgan fingerprint density at radius 2 is 2.44 bits per heavy atom. The van der Waals surface area contributed by atoms with Crippen molar-refractivity contribution in [2.24, 2.45) is 5.73 Å². The minimum Gasteiger partial charge on any atom is -0.340 e. The number of piperidine rings is 1. The molecule has 2 N–H and O–H groups in total. The second-order valence-electron chi connectivity index (χ2n) is 4.40. The van der Waals surface area contributed by atoms with Crippen molar-refractivity contribution in [3.63, 3.8) is 0 Å². The zero-order chi connectivity index (χ0) is 13.1. The highest BCUT2D eigenvalue weighted by atomic mass is 16.6. The molecule has 1 amide bonds. The van der Waals surface area contributed by atoms with Gasteiger partial charge in [0, 0.05) is 19.1 Å². The highest BCUT2D eigenvalue weighted by molar-refractivity contribution is 5.76. The van der Waals surface area contributed by atoms with Gasteiger partial charge in [-0.1, -0.05) is 0 Å². The van der Waals surface area contributed by atoms with Gasteiger partial charge in [0.2, 0.25) is 5.91 Å². The molecule has 0 spiro atoms. The monoisotopic (exact) mass is 253 g/mol. The van der Waals surface area contributed by atoms with Gasteiger partial charge in [0.15, 0.2) is 0 Å². The van der Waals surface area contributed by atoms with Crippen molar-refractivity contribution in [2.75, 3.05) is 13.1 Å². The molecule has 8 nitrogen and oxygen atoms in total. The van der Waals surface area contributed by atoms with E-state index in [1.54, 1.807) is 4.90 Å². The summed E-state index contributed by atoms with van der Waals surface area (Å²) in [6.07, 6.45) is 4.21. The number of hydrogen-bond donors (Lipinski definition) is 1. The number of likely N-dealkylation sites (tertiary alicyclic amines) is 1. The van der Waals surface area contributed by atoms with Crippen molar-refractivity contribution >= 4 is 11.6 Å².